The van der Waals surface area contributed by atoms with Crippen LogP contribution in [0.3, 0.4) is 0 Å². The number of nitrogens with zero attached hydrogens (tertiary/aromatic N) is 3. The highest BCUT2D eigenvalue weighted by Crippen LogP contribution is 2.63. The SMILES string of the molecule is CC(C)(C)CC(c1ccc(-c2ccc3c(c2)C2(c4ccccc4-3)c3ccccc3-c3ccc(-n4c5ccccc5c5ccc(-c6cccc(N(c7ccc(-c8ccccc8)cc7)c7ccc8c9ccccc9n(-c9ccccc9)c8c7)c6)cc54)cc32)cc1)C(C)(C)C. The summed E-state index contributed by atoms with van der Waals surface area (Å²) in [7, 11) is 0. The average Bonchev–Trinajstić information content (AvgIpc) is 1.51. The molecular weight excluding hydrogens is 1110 g/mol. The third kappa shape index (κ3) is 8.85. The molecule has 0 fully saturated rings. The molecule has 0 radical (unpaired) electrons. The molecule has 0 amide bonds. The molecule has 0 bridgehead atoms. The zero-order chi connectivity index (χ0) is 62.0. The Balaban J connectivity index is 0.809. The van der Waals surface area contributed by atoms with Crippen molar-refractivity contribution in [2.45, 2.75) is 59.3 Å². The normalized spacial score (nSPS) is 14.5. The van der Waals surface area contributed by atoms with Crippen molar-refractivity contribution < 1.29 is 0 Å². The molecule has 0 saturated carbocycles. The van der Waals surface area contributed by atoms with Crippen molar-refractivity contribution in [1.82, 2.24) is 9.13 Å². The molecule has 2 aliphatic rings. The second-order valence-electron chi connectivity index (χ2n) is 27.9. The second kappa shape index (κ2) is 21.2. The van der Waals surface area contributed by atoms with Gasteiger partial charge in [0.2, 0.25) is 0 Å². The van der Waals surface area contributed by atoms with E-state index in [0.29, 0.717) is 5.92 Å². The summed E-state index contributed by atoms with van der Waals surface area (Å²) in [5.74, 6) is 0.447. The predicted octanol–water partition coefficient (Wildman–Crippen LogP) is 24.3. The van der Waals surface area contributed by atoms with Gasteiger partial charge >= 0.3 is 0 Å². The lowest BCUT2D eigenvalue weighted by Crippen LogP contribution is -2.26. The van der Waals surface area contributed by atoms with E-state index in [1.807, 2.05) is 0 Å². The number of aromatic nitrogens is 2. The van der Waals surface area contributed by atoms with E-state index < -0.39 is 5.41 Å². The molecule has 3 nitrogen and oxygen atoms in total. The van der Waals surface area contributed by atoms with Crippen molar-refractivity contribution in [3.63, 3.8) is 0 Å². The molecule has 2 atom stereocenters. The van der Waals surface area contributed by atoms with Crippen LogP contribution in [0.4, 0.5) is 17.1 Å². The van der Waals surface area contributed by atoms with E-state index in [-0.39, 0.29) is 10.8 Å². The molecule has 0 aliphatic heterocycles. The molecule has 3 heteroatoms. The first-order valence-corrected chi connectivity index (χ1v) is 32.6. The maximum Gasteiger partial charge on any atom is 0.0726 e. The Morgan fingerprint density at radius 1 is 0.304 bits per heavy atom. The molecule has 0 saturated heterocycles. The molecule has 2 unspecified atom stereocenters. The van der Waals surface area contributed by atoms with Crippen LogP contribution >= 0.6 is 0 Å². The fraction of sp³-hybridized carbons (Fsp3) is 0.124. The number of rotatable bonds is 10. The van der Waals surface area contributed by atoms with Gasteiger partial charge in [0, 0.05) is 50.0 Å². The first kappa shape index (κ1) is 55.3. The maximum atomic E-state index is 2.54. The Bertz CT molecular complexity index is 5370. The molecular formula is C89H71N3. The summed E-state index contributed by atoms with van der Waals surface area (Å²) in [6, 6.07) is 114. The zero-order valence-electron chi connectivity index (χ0n) is 53.0. The number of anilines is 3. The lowest BCUT2D eigenvalue weighted by molar-refractivity contribution is 0.229. The van der Waals surface area contributed by atoms with E-state index >= 15 is 0 Å². The minimum atomic E-state index is -0.547. The van der Waals surface area contributed by atoms with Crippen LogP contribution < -0.4 is 4.90 Å². The molecule has 13 aromatic carbocycles. The van der Waals surface area contributed by atoms with Crippen molar-refractivity contribution in [3.8, 4) is 67.0 Å². The second-order valence-corrected chi connectivity index (χ2v) is 27.9. The molecule has 92 heavy (non-hydrogen) atoms. The van der Waals surface area contributed by atoms with Gasteiger partial charge in [-0.25, -0.2) is 0 Å². The van der Waals surface area contributed by atoms with E-state index in [4.69, 9.17) is 0 Å². The number of hydrogen-bond donors (Lipinski definition) is 0. The monoisotopic (exact) mass is 1180 g/mol. The van der Waals surface area contributed by atoms with E-state index in [1.54, 1.807) is 0 Å². The lowest BCUT2D eigenvalue weighted by Gasteiger charge is -2.36. The highest BCUT2D eigenvalue weighted by atomic mass is 15.1. The minimum Gasteiger partial charge on any atom is -0.310 e. The Kier molecular flexibility index (Phi) is 12.7. The van der Waals surface area contributed by atoms with E-state index in [2.05, 4.69) is 359 Å². The fourth-order valence-corrected chi connectivity index (χ4v) is 16.0. The van der Waals surface area contributed by atoms with Crippen LogP contribution in [-0.2, 0) is 5.41 Å². The van der Waals surface area contributed by atoms with Crippen LogP contribution in [0.15, 0.2) is 303 Å². The first-order valence-electron chi connectivity index (χ1n) is 32.6. The summed E-state index contributed by atoms with van der Waals surface area (Å²) >= 11 is 0. The van der Waals surface area contributed by atoms with Crippen molar-refractivity contribution in [3.05, 3.63) is 331 Å². The topological polar surface area (TPSA) is 13.1 Å². The van der Waals surface area contributed by atoms with Gasteiger partial charge in [-0.15, -0.1) is 0 Å². The smallest absolute Gasteiger partial charge is 0.0726 e. The van der Waals surface area contributed by atoms with Crippen molar-refractivity contribution in [2.75, 3.05) is 4.90 Å². The van der Waals surface area contributed by atoms with Crippen molar-refractivity contribution >= 4 is 60.7 Å². The van der Waals surface area contributed by atoms with Gasteiger partial charge in [-0.3, -0.25) is 0 Å². The number of fused-ring (bicyclic) bond motifs is 16. The number of benzene rings is 13. The van der Waals surface area contributed by atoms with Gasteiger partial charge in [0.15, 0.2) is 0 Å². The molecule has 0 N–H and O–H groups in total. The number of para-hydroxylation sites is 3. The quantitative estimate of drug-likeness (QED) is 0.133. The zero-order valence-corrected chi connectivity index (χ0v) is 53.0. The Hall–Kier alpha value is -10.7. The minimum absolute atomic E-state index is 0.141. The summed E-state index contributed by atoms with van der Waals surface area (Å²) in [5.41, 5.74) is 29.1. The first-order chi connectivity index (χ1) is 44.9. The van der Waals surface area contributed by atoms with E-state index in [9.17, 15) is 0 Å². The van der Waals surface area contributed by atoms with Crippen LogP contribution in [0, 0.1) is 10.8 Å². The highest BCUT2D eigenvalue weighted by Gasteiger charge is 2.52. The largest absolute Gasteiger partial charge is 0.310 e. The highest BCUT2D eigenvalue weighted by molar-refractivity contribution is 6.12. The third-order valence-electron chi connectivity index (χ3n) is 20.1. The van der Waals surface area contributed by atoms with Crippen LogP contribution in [0.25, 0.3) is 111 Å². The van der Waals surface area contributed by atoms with E-state index in [1.165, 1.54) is 110 Å². The van der Waals surface area contributed by atoms with Crippen molar-refractivity contribution in [2.24, 2.45) is 10.8 Å². The van der Waals surface area contributed by atoms with Gasteiger partial charge < -0.3 is 14.0 Å². The molecule has 2 aliphatic carbocycles. The Morgan fingerprint density at radius 2 is 0.750 bits per heavy atom. The Labute approximate surface area is 539 Å². The summed E-state index contributed by atoms with van der Waals surface area (Å²) in [6.45, 7) is 14.3. The van der Waals surface area contributed by atoms with Gasteiger partial charge in [-0.2, -0.15) is 0 Å². The average molecular weight is 1180 g/mol. The fourth-order valence-electron chi connectivity index (χ4n) is 16.0. The van der Waals surface area contributed by atoms with Crippen molar-refractivity contribution in [1.29, 1.82) is 0 Å². The molecule has 15 aromatic rings. The van der Waals surface area contributed by atoms with Crippen LogP contribution in [0.2, 0.25) is 0 Å². The number of hydrogen-bond acceptors (Lipinski definition) is 1. The van der Waals surface area contributed by atoms with Crippen LogP contribution in [0.1, 0.15) is 81.7 Å². The molecule has 442 valence electrons. The predicted molar refractivity (Wildman–Crippen MR) is 389 cm³/mol. The van der Waals surface area contributed by atoms with Crippen LogP contribution in [0.5, 0.6) is 0 Å². The molecule has 2 heterocycles. The third-order valence-corrected chi connectivity index (χ3v) is 20.1. The standard InChI is InChI=1S/C89H71N3/c1-87(2,3)57-82(88(4,5)6)61-38-36-60(37-39-61)63-42-48-72-70-28-13-17-32-78(70)89(80(72)53-63)79-33-18-14-29-71(79)73-50-46-68(55-81(73)89)92-84-35-20-16-30-74(84)76-49-43-64(54-85(76)92)62-24-21-27-67(52-62)90(66-44-40-59(41-45-66)58-22-9-7-10-23-58)69-47-51-77-75-31-15-19-34-83(75)91(86(77)56-69)65-25-11-8-12-26-65/h7-56,82H,57H2,1-6H3. The Morgan fingerprint density at radius 3 is 1.41 bits per heavy atom. The molecule has 1 spiro atoms. The maximum absolute atomic E-state index is 2.54. The molecule has 17 rings (SSSR count). The van der Waals surface area contributed by atoms with Gasteiger partial charge in [0.25, 0.3) is 0 Å². The van der Waals surface area contributed by atoms with Gasteiger partial charge in [-0.05, 0) is 192 Å². The summed E-state index contributed by atoms with van der Waals surface area (Å²) in [4.78, 5) is 2.42. The van der Waals surface area contributed by atoms with Gasteiger partial charge in [0.05, 0.1) is 27.5 Å². The summed E-state index contributed by atoms with van der Waals surface area (Å²) in [5, 5.41) is 4.91. The van der Waals surface area contributed by atoms with E-state index in [0.717, 1.165) is 51.5 Å². The van der Waals surface area contributed by atoms with Gasteiger partial charge in [-0.1, -0.05) is 260 Å². The lowest BCUT2D eigenvalue weighted by atomic mass is 9.69. The summed E-state index contributed by atoms with van der Waals surface area (Å²) < 4.78 is 4.94. The van der Waals surface area contributed by atoms with Crippen LogP contribution in [-0.4, -0.2) is 9.13 Å². The summed E-state index contributed by atoms with van der Waals surface area (Å²) in [6.07, 6.45) is 1.13. The van der Waals surface area contributed by atoms with Gasteiger partial charge in [0.1, 0.15) is 0 Å². The molecule has 2 aromatic heterocycles.